The van der Waals surface area contributed by atoms with Crippen LogP contribution in [0.1, 0.15) is 34.6 Å². The molecule has 0 rings (SSSR count). The molecule has 0 heterocycles. The van der Waals surface area contributed by atoms with Gasteiger partial charge in [-0.05, 0) is 11.8 Å². The molecule has 6 heteroatoms. The molecule has 0 aromatic rings. The maximum absolute atomic E-state index is 12.3. The van der Waals surface area contributed by atoms with E-state index in [0.717, 1.165) is 4.90 Å². The van der Waals surface area contributed by atoms with Crippen molar-refractivity contribution in [2.45, 2.75) is 34.6 Å². The molecule has 0 radical (unpaired) electrons. The molecule has 0 saturated heterocycles. The van der Waals surface area contributed by atoms with Gasteiger partial charge in [0, 0.05) is 33.1 Å². The molecular weight excluding hydrogens is 258 g/mol. The largest absolute Gasteiger partial charge is 0.334 e. The second kappa shape index (κ2) is 8.68. The summed E-state index contributed by atoms with van der Waals surface area (Å²) < 4.78 is 0. The number of hydrogen-bond donors (Lipinski definition) is 1. The third-order valence-electron chi connectivity index (χ3n) is 2.62. The van der Waals surface area contributed by atoms with Crippen LogP contribution >= 0.6 is 0 Å². The third kappa shape index (κ3) is 6.14. The van der Waals surface area contributed by atoms with Gasteiger partial charge in [0.15, 0.2) is 0 Å². The normalized spacial score (nSPS) is 10.8. The lowest BCUT2D eigenvalue weighted by Crippen LogP contribution is -2.50. The van der Waals surface area contributed by atoms with Gasteiger partial charge in [-0.3, -0.25) is 19.3 Å². The summed E-state index contributed by atoms with van der Waals surface area (Å²) in [6, 6.07) is 0. The van der Waals surface area contributed by atoms with Crippen LogP contribution in [-0.4, -0.2) is 53.7 Å². The summed E-state index contributed by atoms with van der Waals surface area (Å²) in [5.41, 5.74) is 5.37. The average molecular weight is 285 g/mol. The monoisotopic (exact) mass is 285 g/mol. The minimum Gasteiger partial charge on any atom is -0.334 e. The minimum absolute atomic E-state index is 0.0666. The van der Waals surface area contributed by atoms with E-state index in [1.54, 1.807) is 0 Å². The molecule has 0 spiro atoms. The quantitative estimate of drug-likeness (QED) is 0.719. The fourth-order valence-electron chi connectivity index (χ4n) is 1.90. The smallest absolute Gasteiger partial charge is 0.318 e. The lowest BCUT2D eigenvalue weighted by atomic mass is 10.1. The molecule has 0 aromatic carbocycles. The predicted molar refractivity (Wildman–Crippen MR) is 77.7 cm³/mol. The number of imide groups is 1. The first-order chi connectivity index (χ1) is 9.20. The molecule has 0 bridgehead atoms. The second-order valence-corrected chi connectivity index (χ2v) is 5.76. The SMILES string of the molecule is CC(=O)N(CCN)C(=O)C(=O)N(CC(C)C)CC(C)C. The van der Waals surface area contributed by atoms with Crippen LogP contribution in [0.4, 0.5) is 0 Å². The van der Waals surface area contributed by atoms with Gasteiger partial charge in [0.25, 0.3) is 0 Å². The van der Waals surface area contributed by atoms with E-state index in [-0.39, 0.29) is 24.9 Å². The number of carbonyl (C=O) groups excluding carboxylic acids is 3. The van der Waals surface area contributed by atoms with E-state index in [0.29, 0.717) is 13.1 Å². The summed E-state index contributed by atoms with van der Waals surface area (Å²) in [7, 11) is 0. The minimum atomic E-state index is -0.788. The Kier molecular flexibility index (Phi) is 8.06. The number of nitrogens with zero attached hydrogens (tertiary/aromatic N) is 2. The molecule has 3 amide bonds. The van der Waals surface area contributed by atoms with Crippen molar-refractivity contribution in [2.75, 3.05) is 26.2 Å². The number of amides is 3. The van der Waals surface area contributed by atoms with E-state index in [9.17, 15) is 14.4 Å². The van der Waals surface area contributed by atoms with Crippen molar-refractivity contribution in [3.05, 3.63) is 0 Å². The van der Waals surface area contributed by atoms with Gasteiger partial charge in [-0.15, -0.1) is 0 Å². The van der Waals surface area contributed by atoms with Crippen molar-refractivity contribution in [1.82, 2.24) is 9.80 Å². The van der Waals surface area contributed by atoms with Crippen molar-refractivity contribution in [2.24, 2.45) is 17.6 Å². The number of rotatable bonds is 6. The number of carbonyl (C=O) groups is 3. The highest BCUT2D eigenvalue weighted by molar-refractivity contribution is 6.37. The molecule has 116 valence electrons. The zero-order valence-electron chi connectivity index (χ0n) is 13.2. The van der Waals surface area contributed by atoms with Gasteiger partial charge in [0.1, 0.15) is 0 Å². The Bertz CT molecular complexity index is 344. The van der Waals surface area contributed by atoms with Crippen LogP contribution < -0.4 is 5.73 Å². The van der Waals surface area contributed by atoms with Crippen LogP contribution in [0.15, 0.2) is 0 Å². The molecule has 0 saturated carbocycles. The Morgan fingerprint density at radius 2 is 1.40 bits per heavy atom. The summed E-state index contributed by atoms with van der Waals surface area (Å²) in [6.07, 6.45) is 0. The molecular formula is C14H27N3O3. The highest BCUT2D eigenvalue weighted by Crippen LogP contribution is 2.06. The Hall–Kier alpha value is -1.43. The number of hydrogen-bond acceptors (Lipinski definition) is 4. The van der Waals surface area contributed by atoms with E-state index in [1.165, 1.54) is 11.8 Å². The van der Waals surface area contributed by atoms with Crippen molar-refractivity contribution in [3.63, 3.8) is 0 Å². The molecule has 20 heavy (non-hydrogen) atoms. The third-order valence-corrected chi connectivity index (χ3v) is 2.62. The first-order valence-electron chi connectivity index (χ1n) is 7.02. The van der Waals surface area contributed by atoms with E-state index in [4.69, 9.17) is 5.73 Å². The van der Waals surface area contributed by atoms with Crippen LogP contribution in [0.3, 0.4) is 0 Å². The molecule has 0 aliphatic carbocycles. The molecule has 2 N–H and O–H groups in total. The van der Waals surface area contributed by atoms with E-state index < -0.39 is 17.7 Å². The summed E-state index contributed by atoms with van der Waals surface area (Å²) >= 11 is 0. The Balaban J connectivity index is 5.01. The molecule has 0 fully saturated rings. The van der Waals surface area contributed by atoms with Crippen molar-refractivity contribution >= 4 is 17.7 Å². The Labute approximate surface area is 121 Å². The van der Waals surface area contributed by atoms with Gasteiger partial charge >= 0.3 is 11.8 Å². The maximum Gasteiger partial charge on any atom is 0.318 e. The molecule has 0 unspecified atom stereocenters. The highest BCUT2D eigenvalue weighted by atomic mass is 16.2. The van der Waals surface area contributed by atoms with Gasteiger partial charge in [-0.2, -0.15) is 0 Å². The van der Waals surface area contributed by atoms with E-state index in [2.05, 4.69) is 0 Å². The molecule has 0 aliphatic heterocycles. The second-order valence-electron chi connectivity index (χ2n) is 5.76. The summed E-state index contributed by atoms with van der Waals surface area (Å²) in [5, 5.41) is 0. The van der Waals surface area contributed by atoms with E-state index in [1.807, 2.05) is 27.7 Å². The first-order valence-corrected chi connectivity index (χ1v) is 7.02. The topological polar surface area (TPSA) is 83.7 Å². The average Bonchev–Trinajstić information content (AvgIpc) is 2.31. The van der Waals surface area contributed by atoms with Crippen molar-refractivity contribution < 1.29 is 14.4 Å². The fourth-order valence-corrected chi connectivity index (χ4v) is 1.90. The predicted octanol–water partition coefficient (Wildman–Crippen LogP) is 0.461. The highest BCUT2D eigenvalue weighted by Gasteiger charge is 2.29. The van der Waals surface area contributed by atoms with Crippen molar-refractivity contribution in [3.8, 4) is 0 Å². The molecule has 6 nitrogen and oxygen atoms in total. The first kappa shape index (κ1) is 18.6. The van der Waals surface area contributed by atoms with Crippen molar-refractivity contribution in [1.29, 1.82) is 0 Å². The van der Waals surface area contributed by atoms with E-state index >= 15 is 0 Å². The lowest BCUT2D eigenvalue weighted by Gasteiger charge is -2.28. The van der Waals surface area contributed by atoms with Gasteiger partial charge in [-0.1, -0.05) is 27.7 Å². The maximum atomic E-state index is 12.3. The van der Waals surface area contributed by atoms with Crippen LogP contribution in [0.5, 0.6) is 0 Å². The number of nitrogens with two attached hydrogens (primary N) is 1. The van der Waals surface area contributed by atoms with Gasteiger partial charge < -0.3 is 10.6 Å². The molecule has 0 atom stereocenters. The summed E-state index contributed by atoms with van der Waals surface area (Å²) in [6.45, 7) is 10.4. The zero-order chi connectivity index (χ0) is 15.9. The van der Waals surface area contributed by atoms with Crippen LogP contribution in [0, 0.1) is 11.8 Å². The zero-order valence-corrected chi connectivity index (χ0v) is 13.2. The van der Waals surface area contributed by atoms with Crippen LogP contribution in [0.25, 0.3) is 0 Å². The molecule has 0 aromatic heterocycles. The van der Waals surface area contributed by atoms with Crippen LogP contribution in [0.2, 0.25) is 0 Å². The Morgan fingerprint density at radius 1 is 0.950 bits per heavy atom. The van der Waals surface area contributed by atoms with Gasteiger partial charge in [0.2, 0.25) is 5.91 Å². The summed E-state index contributed by atoms with van der Waals surface area (Å²) in [5.74, 6) is -1.36. The Morgan fingerprint density at radius 3 is 1.70 bits per heavy atom. The molecule has 0 aliphatic rings. The van der Waals surface area contributed by atoms with Gasteiger partial charge in [0.05, 0.1) is 0 Å². The lowest BCUT2D eigenvalue weighted by molar-refractivity contribution is -0.156. The fraction of sp³-hybridized carbons (Fsp3) is 0.786. The summed E-state index contributed by atoms with van der Waals surface area (Å²) in [4.78, 5) is 38.3. The van der Waals surface area contributed by atoms with Gasteiger partial charge in [-0.25, -0.2) is 0 Å². The standard InChI is InChI=1S/C14H27N3O3/c1-10(2)8-16(9-11(3)4)13(19)14(20)17(7-6-15)12(5)18/h10-11H,6-9,15H2,1-5H3. The van der Waals surface area contributed by atoms with Crippen LogP contribution in [-0.2, 0) is 14.4 Å².